The van der Waals surface area contributed by atoms with Crippen molar-refractivity contribution in [2.45, 2.75) is 13.5 Å². The van der Waals surface area contributed by atoms with Crippen molar-refractivity contribution in [1.29, 1.82) is 0 Å². The first-order chi connectivity index (χ1) is 12.1. The fraction of sp³-hybridized carbons (Fsp3) is 0.471. The summed E-state index contributed by atoms with van der Waals surface area (Å²) in [6.45, 7) is 5.87. The first-order valence-corrected chi connectivity index (χ1v) is 8.43. The Bertz CT molecular complexity index is 747. The summed E-state index contributed by atoms with van der Waals surface area (Å²) in [6, 6.07) is 7.47. The smallest absolute Gasteiger partial charge is 0.194 e. The van der Waals surface area contributed by atoms with Gasteiger partial charge in [-0.2, -0.15) is 0 Å². The summed E-state index contributed by atoms with van der Waals surface area (Å²) in [5, 5.41) is 21.6. The lowest BCUT2D eigenvalue weighted by molar-refractivity contribution is 0.369. The second-order valence-corrected chi connectivity index (χ2v) is 6.09. The molecule has 8 nitrogen and oxygen atoms in total. The third-order valence-electron chi connectivity index (χ3n) is 4.60. The van der Waals surface area contributed by atoms with Crippen LogP contribution in [0.1, 0.15) is 11.6 Å². The van der Waals surface area contributed by atoms with Gasteiger partial charge in [-0.15, -0.1) is 10.2 Å². The largest absolute Gasteiger partial charge is 0.506 e. The Kier molecular flexibility index (Phi) is 5.06. The highest BCUT2D eigenvalue weighted by Crippen LogP contribution is 2.27. The average Bonchev–Trinajstić information content (AvgIpc) is 2.95. The standard InChI is InChI=1S/C17H25N7O/c1-13-20-21-16(22(13)3)12-19-17(18-2)24-10-8-23(9-11-24)14-6-4-5-7-15(14)25/h4-7,25H,8-12H2,1-3H3,(H,18,19). The van der Waals surface area contributed by atoms with Crippen molar-refractivity contribution >= 4 is 11.6 Å². The van der Waals surface area contributed by atoms with Crippen LogP contribution in [-0.4, -0.2) is 64.0 Å². The lowest BCUT2D eigenvalue weighted by Crippen LogP contribution is -2.52. The van der Waals surface area contributed by atoms with Crippen LogP contribution in [0.4, 0.5) is 5.69 Å². The monoisotopic (exact) mass is 343 g/mol. The summed E-state index contributed by atoms with van der Waals surface area (Å²) in [6.07, 6.45) is 0. The van der Waals surface area contributed by atoms with Crippen molar-refractivity contribution < 1.29 is 5.11 Å². The lowest BCUT2D eigenvalue weighted by Gasteiger charge is -2.37. The van der Waals surface area contributed by atoms with E-state index in [-0.39, 0.29) is 0 Å². The lowest BCUT2D eigenvalue weighted by atomic mass is 10.2. The number of para-hydroxylation sites is 2. The van der Waals surface area contributed by atoms with Gasteiger partial charge in [-0.3, -0.25) is 4.99 Å². The van der Waals surface area contributed by atoms with Gasteiger partial charge in [-0.05, 0) is 19.1 Å². The molecule has 1 aromatic heterocycles. The number of aromatic nitrogens is 3. The summed E-state index contributed by atoms with van der Waals surface area (Å²) in [5.74, 6) is 2.96. The third-order valence-corrected chi connectivity index (χ3v) is 4.60. The van der Waals surface area contributed by atoms with Crippen molar-refractivity contribution in [3.8, 4) is 5.75 Å². The van der Waals surface area contributed by atoms with Crippen LogP contribution in [-0.2, 0) is 13.6 Å². The van der Waals surface area contributed by atoms with E-state index < -0.39 is 0 Å². The van der Waals surface area contributed by atoms with Crippen molar-refractivity contribution in [3.63, 3.8) is 0 Å². The van der Waals surface area contributed by atoms with E-state index in [2.05, 4.69) is 30.3 Å². The molecule has 0 spiro atoms. The molecule has 0 bridgehead atoms. The highest BCUT2D eigenvalue weighted by molar-refractivity contribution is 5.80. The van der Waals surface area contributed by atoms with Crippen LogP contribution in [0.25, 0.3) is 0 Å². The number of hydrogen-bond acceptors (Lipinski definition) is 5. The minimum Gasteiger partial charge on any atom is -0.506 e. The van der Waals surface area contributed by atoms with E-state index in [0.717, 1.165) is 49.5 Å². The number of phenolic OH excluding ortho intramolecular Hbond substituents is 1. The molecule has 2 heterocycles. The Morgan fingerprint density at radius 1 is 1.20 bits per heavy atom. The SMILES string of the molecule is CN=C(NCc1nnc(C)n1C)N1CCN(c2ccccc2O)CC1. The van der Waals surface area contributed by atoms with Crippen LogP contribution in [0.15, 0.2) is 29.3 Å². The molecule has 25 heavy (non-hydrogen) atoms. The molecule has 0 saturated carbocycles. The molecule has 0 radical (unpaired) electrons. The van der Waals surface area contributed by atoms with Crippen LogP contribution < -0.4 is 10.2 Å². The summed E-state index contributed by atoms with van der Waals surface area (Å²) >= 11 is 0. The van der Waals surface area contributed by atoms with Gasteiger partial charge in [0, 0.05) is 40.3 Å². The molecule has 0 unspecified atom stereocenters. The predicted octanol–water partition coefficient (Wildman–Crippen LogP) is 0.727. The quantitative estimate of drug-likeness (QED) is 0.631. The minimum absolute atomic E-state index is 0.330. The predicted molar refractivity (Wildman–Crippen MR) is 97.8 cm³/mol. The molecule has 8 heteroatoms. The minimum atomic E-state index is 0.330. The Hall–Kier alpha value is -2.77. The van der Waals surface area contributed by atoms with Crippen LogP contribution in [0.2, 0.25) is 0 Å². The maximum Gasteiger partial charge on any atom is 0.194 e. The van der Waals surface area contributed by atoms with Gasteiger partial charge in [-0.25, -0.2) is 0 Å². The third kappa shape index (κ3) is 3.67. The molecule has 1 aliphatic rings. The number of rotatable bonds is 3. The van der Waals surface area contributed by atoms with E-state index in [1.54, 1.807) is 13.1 Å². The van der Waals surface area contributed by atoms with E-state index in [9.17, 15) is 5.11 Å². The fourth-order valence-corrected chi connectivity index (χ4v) is 2.99. The van der Waals surface area contributed by atoms with E-state index in [4.69, 9.17) is 0 Å². The maximum absolute atomic E-state index is 10.0. The fourth-order valence-electron chi connectivity index (χ4n) is 2.99. The van der Waals surface area contributed by atoms with Crippen molar-refractivity contribution in [2.75, 3.05) is 38.1 Å². The van der Waals surface area contributed by atoms with Gasteiger partial charge >= 0.3 is 0 Å². The van der Waals surface area contributed by atoms with Gasteiger partial charge in [0.2, 0.25) is 0 Å². The van der Waals surface area contributed by atoms with Gasteiger partial charge in [0.05, 0.1) is 12.2 Å². The van der Waals surface area contributed by atoms with Gasteiger partial charge in [-0.1, -0.05) is 12.1 Å². The topological polar surface area (TPSA) is 81.8 Å². The number of benzene rings is 1. The van der Waals surface area contributed by atoms with E-state index in [1.807, 2.05) is 36.7 Å². The van der Waals surface area contributed by atoms with Crippen LogP contribution in [0.5, 0.6) is 5.75 Å². The normalized spacial score (nSPS) is 15.6. The first kappa shape index (κ1) is 17.1. The number of guanidine groups is 1. The molecule has 1 saturated heterocycles. The van der Waals surface area contributed by atoms with Gasteiger partial charge in [0.1, 0.15) is 11.6 Å². The highest BCUT2D eigenvalue weighted by Gasteiger charge is 2.21. The highest BCUT2D eigenvalue weighted by atomic mass is 16.3. The van der Waals surface area contributed by atoms with E-state index >= 15 is 0 Å². The number of phenols is 1. The van der Waals surface area contributed by atoms with Gasteiger partial charge < -0.3 is 24.8 Å². The Labute approximate surface area is 147 Å². The summed E-state index contributed by atoms with van der Waals surface area (Å²) in [7, 11) is 3.75. The van der Waals surface area contributed by atoms with E-state index in [1.165, 1.54) is 0 Å². The van der Waals surface area contributed by atoms with Gasteiger partial charge in [0.15, 0.2) is 11.8 Å². The second-order valence-electron chi connectivity index (χ2n) is 6.09. The van der Waals surface area contributed by atoms with E-state index in [0.29, 0.717) is 12.3 Å². The van der Waals surface area contributed by atoms with Gasteiger partial charge in [0.25, 0.3) is 0 Å². The zero-order valence-electron chi connectivity index (χ0n) is 15.0. The van der Waals surface area contributed by atoms with Crippen molar-refractivity contribution in [2.24, 2.45) is 12.0 Å². The zero-order valence-corrected chi connectivity index (χ0v) is 15.0. The molecule has 2 N–H and O–H groups in total. The molecule has 1 aromatic carbocycles. The van der Waals surface area contributed by atoms with Crippen LogP contribution in [0, 0.1) is 6.92 Å². The summed E-state index contributed by atoms with van der Waals surface area (Å²) in [5.41, 5.74) is 0.889. The zero-order chi connectivity index (χ0) is 17.8. The summed E-state index contributed by atoms with van der Waals surface area (Å²) in [4.78, 5) is 8.81. The molecular weight excluding hydrogens is 318 g/mol. The molecule has 0 aliphatic carbocycles. The first-order valence-electron chi connectivity index (χ1n) is 8.43. The summed E-state index contributed by atoms with van der Waals surface area (Å²) < 4.78 is 1.97. The molecule has 0 amide bonds. The molecule has 3 rings (SSSR count). The van der Waals surface area contributed by atoms with Crippen LogP contribution in [0.3, 0.4) is 0 Å². The Morgan fingerprint density at radius 3 is 2.52 bits per heavy atom. The van der Waals surface area contributed by atoms with Crippen molar-refractivity contribution in [3.05, 3.63) is 35.9 Å². The number of anilines is 1. The number of hydrogen-bond donors (Lipinski definition) is 2. The Morgan fingerprint density at radius 2 is 1.92 bits per heavy atom. The maximum atomic E-state index is 10.0. The number of aryl methyl sites for hydroxylation is 1. The second kappa shape index (κ2) is 7.42. The molecule has 134 valence electrons. The molecule has 0 atom stereocenters. The van der Waals surface area contributed by atoms with Crippen molar-refractivity contribution in [1.82, 2.24) is 25.0 Å². The number of aromatic hydroxyl groups is 1. The number of piperazine rings is 1. The molecular formula is C17H25N7O. The molecule has 1 aliphatic heterocycles. The van der Waals surface area contributed by atoms with Crippen LogP contribution >= 0.6 is 0 Å². The molecule has 2 aromatic rings. The number of aliphatic imine (C=N–C) groups is 1. The molecule has 1 fully saturated rings. The number of nitrogens with one attached hydrogen (secondary N) is 1. The Balaban J connectivity index is 1.57. The number of nitrogens with zero attached hydrogens (tertiary/aromatic N) is 6. The average molecular weight is 343 g/mol.